The number of hydrazone groups is 1. The summed E-state index contributed by atoms with van der Waals surface area (Å²) in [6.45, 7) is 4.28. The van der Waals surface area contributed by atoms with Crippen molar-refractivity contribution in [3.05, 3.63) is 17.7 Å². The standard InChI is InChI=1S/C16H22N4O4/c1-19-3-5-20(6-4-19)10-15(21)18-17-9-12-7-13(22-2)16-14(8-12)23-11-24-16/h7-9H,3-6,10-11H2,1-2H3,(H,18,21)/b17-9-. The van der Waals surface area contributed by atoms with Crippen molar-refractivity contribution in [2.24, 2.45) is 5.10 Å². The summed E-state index contributed by atoms with van der Waals surface area (Å²) >= 11 is 0. The fraction of sp³-hybridized carbons (Fsp3) is 0.500. The predicted octanol–water partition coefficient (Wildman–Crippen LogP) is 0.121. The third-order valence-corrected chi connectivity index (χ3v) is 4.05. The number of rotatable bonds is 5. The second kappa shape index (κ2) is 7.50. The Hall–Kier alpha value is -2.32. The molecule has 0 spiro atoms. The van der Waals surface area contributed by atoms with E-state index in [1.54, 1.807) is 25.5 Å². The summed E-state index contributed by atoms with van der Waals surface area (Å²) in [7, 11) is 3.65. The van der Waals surface area contributed by atoms with Gasteiger partial charge in [0.2, 0.25) is 12.5 Å². The average Bonchev–Trinajstić information content (AvgIpc) is 3.05. The molecule has 1 aromatic carbocycles. The van der Waals surface area contributed by atoms with Gasteiger partial charge in [-0.2, -0.15) is 5.10 Å². The molecular formula is C16H22N4O4. The molecule has 1 fully saturated rings. The molecule has 8 heteroatoms. The second-order valence-electron chi connectivity index (χ2n) is 5.83. The van der Waals surface area contributed by atoms with Crippen LogP contribution in [0.5, 0.6) is 17.2 Å². The summed E-state index contributed by atoms with van der Waals surface area (Å²) in [6, 6.07) is 3.57. The fourth-order valence-electron chi connectivity index (χ4n) is 2.65. The Balaban J connectivity index is 1.53. The van der Waals surface area contributed by atoms with Crippen LogP contribution in [-0.2, 0) is 4.79 Å². The Labute approximate surface area is 141 Å². The van der Waals surface area contributed by atoms with Gasteiger partial charge in [-0.1, -0.05) is 0 Å². The number of benzene rings is 1. The third-order valence-electron chi connectivity index (χ3n) is 4.05. The van der Waals surface area contributed by atoms with Crippen molar-refractivity contribution >= 4 is 12.1 Å². The zero-order valence-corrected chi connectivity index (χ0v) is 13.9. The van der Waals surface area contributed by atoms with Crippen LogP contribution in [0.3, 0.4) is 0 Å². The van der Waals surface area contributed by atoms with Gasteiger partial charge < -0.3 is 19.1 Å². The van der Waals surface area contributed by atoms with E-state index in [0.29, 0.717) is 23.8 Å². The van der Waals surface area contributed by atoms with Crippen molar-refractivity contribution in [3.63, 3.8) is 0 Å². The predicted molar refractivity (Wildman–Crippen MR) is 88.8 cm³/mol. The van der Waals surface area contributed by atoms with Gasteiger partial charge in [0.05, 0.1) is 19.9 Å². The highest BCUT2D eigenvalue weighted by atomic mass is 16.7. The van der Waals surface area contributed by atoms with E-state index in [0.717, 1.165) is 31.7 Å². The Morgan fingerprint density at radius 2 is 2.12 bits per heavy atom. The number of methoxy groups -OCH3 is 1. The zero-order chi connectivity index (χ0) is 16.9. The van der Waals surface area contributed by atoms with Gasteiger partial charge in [0.15, 0.2) is 11.5 Å². The minimum absolute atomic E-state index is 0.122. The number of carbonyl (C=O) groups is 1. The molecule has 130 valence electrons. The average molecular weight is 334 g/mol. The number of ether oxygens (including phenoxy) is 3. The molecule has 0 aliphatic carbocycles. The highest BCUT2D eigenvalue weighted by molar-refractivity contribution is 5.85. The summed E-state index contributed by atoms with van der Waals surface area (Å²) in [5.41, 5.74) is 3.32. The van der Waals surface area contributed by atoms with E-state index in [-0.39, 0.29) is 12.7 Å². The molecule has 0 unspecified atom stereocenters. The van der Waals surface area contributed by atoms with Gasteiger partial charge in [-0.05, 0) is 19.2 Å². The number of hydrogen-bond donors (Lipinski definition) is 1. The van der Waals surface area contributed by atoms with E-state index in [2.05, 4.69) is 27.4 Å². The summed E-state index contributed by atoms with van der Waals surface area (Å²) in [4.78, 5) is 16.3. The Bertz CT molecular complexity index is 627. The van der Waals surface area contributed by atoms with Gasteiger partial charge in [0.1, 0.15) is 0 Å². The van der Waals surface area contributed by atoms with Gasteiger partial charge >= 0.3 is 0 Å². The summed E-state index contributed by atoms with van der Waals surface area (Å²) in [6.07, 6.45) is 1.56. The Morgan fingerprint density at radius 3 is 2.88 bits per heavy atom. The normalized spacial score (nSPS) is 18.1. The summed E-state index contributed by atoms with van der Waals surface area (Å²) in [5, 5.41) is 4.01. The molecule has 0 saturated carbocycles. The molecular weight excluding hydrogens is 312 g/mol. The first-order valence-electron chi connectivity index (χ1n) is 7.86. The maximum atomic E-state index is 11.9. The molecule has 1 saturated heterocycles. The first-order chi connectivity index (χ1) is 11.7. The van der Waals surface area contributed by atoms with Crippen LogP contribution in [0, 0.1) is 0 Å². The summed E-state index contributed by atoms with van der Waals surface area (Å²) in [5.74, 6) is 1.66. The van der Waals surface area contributed by atoms with Crippen LogP contribution >= 0.6 is 0 Å². The number of nitrogens with one attached hydrogen (secondary N) is 1. The molecule has 0 atom stereocenters. The van der Waals surface area contributed by atoms with Crippen LogP contribution in [0.1, 0.15) is 5.56 Å². The number of nitrogens with zero attached hydrogens (tertiary/aromatic N) is 3. The van der Waals surface area contributed by atoms with E-state index in [1.165, 1.54) is 0 Å². The van der Waals surface area contributed by atoms with Gasteiger partial charge in [-0.3, -0.25) is 9.69 Å². The number of piperazine rings is 1. The quantitative estimate of drug-likeness (QED) is 0.609. The van der Waals surface area contributed by atoms with Crippen molar-refractivity contribution in [1.82, 2.24) is 15.2 Å². The number of amides is 1. The largest absolute Gasteiger partial charge is 0.493 e. The third kappa shape index (κ3) is 3.95. The number of fused-ring (bicyclic) bond motifs is 1. The van der Waals surface area contributed by atoms with Crippen LogP contribution in [0.15, 0.2) is 17.2 Å². The fourth-order valence-corrected chi connectivity index (χ4v) is 2.65. The molecule has 2 aliphatic heterocycles. The van der Waals surface area contributed by atoms with Gasteiger partial charge in [-0.25, -0.2) is 5.43 Å². The molecule has 0 aromatic heterocycles. The van der Waals surface area contributed by atoms with Crippen molar-refractivity contribution < 1.29 is 19.0 Å². The lowest BCUT2D eigenvalue weighted by Crippen LogP contribution is -2.47. The Kier molecular flexibility index (Phi) is 5.17. The number of likely N-dealkylation sites (N-methyl/N-ethyl adjacent to an activating group) is 1. The van der Waals surface area contributed by atoms with Crippen LogP contribution in [0.2, 0.25) is 0 Å². The van der Waals surface area contributed by atoms with Crippen LogP contribution in [0.4, 0.5) is 0 Å². The van der Waals surface area contributed by atoms with E-state index in [1.807, 2.05) is 0 Å². The van der Waals surface area contributed by atoms with Gasteiger partial charge in [0, 0.05) is 31.7 Å². The molecule has 1 aromatic rings. The molecule has 3 rings (SSSR count). The molecule has 1 amide bonds. The van der Waals surface area contributed by atoms with Crippen LogP contribution < -0.4 is 19.6 Å². The topological polar surface area (TPSA) is 75.6 Å². The molecule has 24 heavy (non-hydrogen) atoms. The highest BCUT2D eigenvalue weighted by Gasteiger charge is 2.20. The number of hydrogen-bond acceptors (Lipinski definition) is 7. The van der Waals surface area contributed by atoms with Gasteiger partial charge in [0.25, 0.3) is 5.91 Å². The molecule has 0 bridgehead atoms. The SMILES string of the molecule is COc1cc(/C=N\NC(=O)CN2CCN(C)CC2)cc2c1OCO2. The van der Waals surface area contributed by atoms with Crippen LogP contribution in [0.25, 0.3) is 0 Å². The van der Waals surface area contributed by atoms with Crippen molar-refractivity contribution in [2.45, 2.75) is 0 Å². The minimum Gasteiger partial charge on any atom is -0.493 e. The van der Waals surface area contributed by atoms with E-state index in [4.69, 9.17) is 14.2 Å². The lowest BCUT2D eigenvalue weighted by molar-refractivity contribution is -0.122. The minimum atomic E-state index is -0.122. The van der Waals surface area contributed by atoms with E-state index in [9.17, 15) is 4.79 Å². The van der Waals surface area contributed by atoms with Crippen molar-refractivity contribution in [2.75, 3.05) is 53.7 Å². The highest BCUT2D eigenvalue weighted by Crippen LogP contribution is 2.41. The maximum absolute atomic E-state index is 11.9. The number of carbonyl (C=O) groups excluding carboxylic acids is 1. The molecule has 1 N–H and O–H groups in total. The van der Waals surface area contributed by atoms with E-state index < -0.39 is 0 Å². The molecule has 2 heterocycles. The second-order valence-corrected chi connectivity index (χ2v) is 5.83. The smallest absolute Gasteiger partial charge is 0.254 e. The molecule has 8 nitrogen and oxygen atoms in total. The van der Waals surface area contributed by atoms with E-state index >= 15 is 0 Å². The maximum Gasteiger partial charge on any atom is 0.254 e. The first kappa shape index (κ1) is 16.5. The molecule has 2 aliphatic rings. The van der Waals surface area contributed by atoms with Crippen molar-refractivity contribution in [1.29, 1.82) is 0 Å². The van der Waals surface area contributed by atoms with Gasteiger partial charge in [-0.15, -0.1) is 0 Å². The monoisotopic (exact) mass is 334 g/mol. The lowest BCUT2D eigenvalue weighted by Gasteiger charge is -2.31. The lowest BCUT2D eigenvalue weighted by atomic mass is 10.2. The first-order valence-corrected chi connectivity index (χ1v) is 7.86. The zero-order valence-electron chi connectivity index (χ0n) is 13.9. The van der Waals surface area contributed by atoms with Crippen LogP contribution in [-0.4, -0.2) is 75.6 Å². The Morgan fingerprint density at radius 1 is 1.33 bits per heavy atom. The molecule has 0 radical (unpaired) electrons. The summed E-state index contributed by atoms with van der Waals surface area (Å²) < 4.78 is 16.0. The van der Waals surface area contributed by atoms with Crippen molar-refractivity contribution in [3.8, 4) is 17.2 Å².